The van der Waals surface area contributed by atoms with Gasteiger partial charge in [-0.1, -0.05) is 18.2 Å². The maximum Gasteiger partial charge on any atom is 0.194 e. The molecule has 0 spiro atoms. The van der Waals surface area contributed by atoms with Crippen LogP contribution in [0.1, 0.15) is 32.6 Å². The van der Waals surface area contributed by atoms with Crippen LogP contribution < -0.4 is 4.74 Å². The smallest absolute Gasteiger partial charge is 0.194 e. The Bertz CT molecular complexity index is 361. The van der Waals surface area contributed by atoms with Crippen LogP contribution >= 0.6 is 0 Å². The first-order valence-electron chi connectivity index (χ1n) is 5.84. The van der Waals surface area contributed by atoms with Gasteiger partial charge in [0.2, 0.25) is 0 Å². The topological polar surface area (TPSA) is 77.0 Å². The van der Waals surface area contributed by atoms with Crippen LogP contribution in [0, 0.1) is 22.7 Å². The first-order chi connectivity index (χ1) is 8.70. The lowest BCUT2D eigenvalue weighted by atomic mass is 10.2. The Morgan fingerprint density at radius 2 is 1.61 bits per heavy atom. The van der Waals surface area contributed by atoms with Crippen molar-refractivity contribution in [2.75, 3.05) is 0 Å². The predicted octanol–water partition coefficient (Wildman–Crippen LogP) is 3.00. The van der Waals surface area contributed by atoms with E-state index in [1.165, 1.54) is 0 Å². The Labute approximate surface area is 108 Å². The van der Waals surface area contributed by atoms with Gasteiger partial charge in [0.05, 0.1) is 12.1 Å². The van der Waals surface area contributed by atoms with Gasteiger partial charge in [-0.2, -0.15) is 10.5 Å². The molecule has 0 fully saturated rings. The summed E-state index contributed by atoms with van der Waals surface area (Å²) in [4.78, 5) is 0. The number of aliphatic hydroxyl groups excluding tert-OH is 1. The average molecular weight is 246 g/mol. The van der Waals surface area contributed by atoms with Crippen molar-refractivity contribution < 1.29 is 9.84 Å². The van der Waals surface area contributed by atoms with Gasteiger partial charge in [0, 0.05) is 12.8 Å². The first-order valence-corrected chi connectivity index (χ1v) is 5.84. The fraction of sp³-hybridized carbons (Fsp3) is 0.429. The quantitative estimate of drug-likeness (QED) is 0.640. The molecular weight excluding hydrogens is 228 g/mol. The molecule has 0 radical (unpaired) electrons. The second kappa shape index (κ2) is 11.4. The highest BCUT2D eigenvalue weighted by Crippen LogP contribution is 2.09. The minimum Gasteiger partial charge on any atom is -0.465 e. The predicted molar refractivity (Wildman–Crippen MR) is 68.4 cm³/mol. The summed E-state index contributed by atoms with van der Waals surface area (Å²) in [5.41, 5.74) is 0. The molecule has 4 heteroatoms. The third-order valence-electron chi connectivity index (χ3n) is 1.88. The Kier molecular flexibility index (Phi) is 10.1. The summed E-state index contributed by atoms with van der Waals surface area (Å²) in [5, 5.41) is 24.8. The lowest BCUT2D eigenvalue weighted by Gasteiger charge is -2.06. The van der Waals surface area contributed by atoms with Gasteiger partial charge >= 0.3 is 0 Å². The number of nitrogens with zero attached hydrogens (tertiary/aromatic N) is 2. The molecule has 96 valence electrons. The van der Waals surface area contributed by atoms with Gasteiger partial charge in [-0.05, 0) is 31.9 Å². The minimum atomic E-state index is -0.734. The standard InChI is InChI=1S/C8H10O2.C6H8N2/c1-7(9)10-8-5-3-2-4-6-8;7-5-3-1-2-4-6-8/h2-7,9H,1H3;1-4H2. The second-order valence-corrected chi connectivity index (χ2v) is 3.55. The largest absolute Gasteiger partial charge is 0.465 e. The summed E-state index contributed by atoms with van der Waals surface area (Å²) in [7, 11) is 0. The zero-order valence-corrected chi connectivity index (χ0v) is 10.5. The zero-order valence-electron chi connectivity index (χ0n) is 10.5. The highest BCUT2D eigenvalue weighted by molar-refractivity contribution is 5.20. The third kappa shape index (κ3) is 10.5. The molecule has 0 aliphatic heterocycles. The van der Waals surface area contributed by atoms with E-state index in [4.69, 9.17) is 20.4 Å². The summed E-state index contributed by atoms with van der Waals surface area (Å²) in [6.45, 7) is 1.58. The average Bonchev–Trinajstić information content (AvgIpc) is 2.36. The molecule has 1 rings (SSSR count). The lowest BCUT2D eigenvalue weighted by Crippen LogP contribution is -2.08. The number of benzene rings is 1. The van der Waals surface area contributed by atoms with Gasteiger partial charge in [-0.3, -0.25) is 0 Å². The molecule has 1 unspecified atom stereocenters. The molecule has 1 aromatic rings. The van der Waals surface area contributed by atoms with Gasteiger partial charge in [0.15, 0.2) is 6.29 Å². The van der Waals surface area contributed by atoms with Gasteiger partial charge in [0.1, 0.15) is 5.75 Å². The van der Waals surface area contributed by atoms with E-state index in [0.717, 1.165) is 12.8 Å². The summed E-state index contributed by atoms with van der Waals surface area (Å²) in [5.74, 6) is 0.692. The fourth-order valence-electron chi connectivity index (χ4n) is 1.10. The van der Waals surface area contributed by atoms with E-state index in [1.807, 2.05) is 30.3 Å². The molecule has 0 heterocycles. The molecule has 1 aromatic carbocycles. The second-order valence-electron chi connectivity index (χ2n) is 3.55. The number of aliphatic hydroxyl groups is 1. The van der Waals surface area contributed by atoms with E-state index >= 15 is 0 Å². The van der Waals surface area contributed by atoms with Crippen molar-refractivity contribution >= 4 is 0 Å². The molecule has 0 aliphatic rings. The molecule has 18 heavy (non-hydrogen) atoms. The number of nitriles is 2. The van der Waals surface area contributed by atoms with E-state index in [0.29, 0.717) is 18.6 Å². The van der Waals surface area contributed by atoms with Crippen LogP contribution in [0.2, 0.25) is 0 Å². The van der Waals surface area contributed by atoms with Gasteiger partial charge < -0.3 is 9.84 Å². The minimum absolute atomic E-state index is 0.585. The van der Waals surface area contributed by atoms with E-state index < -0.39 is 6.29 Å². The van der Waals surface area contributed by atoms with Crippen LogP contribution in [0.4, 0.5) is 0 Å². The molecule has 0 aromatic heterocycles. The summed E-state index contributed by atoms with van der Waals surface area (Å²) < 4.78 is 4.97. The van der Waals surface area contributed by atoms with Crippen LogP contribution in [0.25, 0.3) is 0 Å². The van der Waals surface area contributed by atoms with Crippen molar-refractivity contribution in [3.05, 3.63) is 30.3 Å². The molecular formula is C14H18N2O2. The van der Waals surface area contributed by atoms with E-state index in [1.54, 1.807) is 19.1 Å². The third-order valence-corrected chi connectivity index (χ3v) is 1.88. The molecule has 0 saturated carbocycles. The monoisotopic (exact) mass is 246 g/mol. The molecule has 1 N–H and O–H groups in total. The van der Waals surface area contributed by atoms with Gasteiger partial charge in [0.25, 0.3) is 0 Å². The first kappa shape index (κ1) is 16.0. The number of unbranched alkanes of at least 4 members (excludes halogenated alkanes) is 3. The van der Waals surface area contributed by atoms with Crippen molar-refractivity contribution in [1.82, 2.24) is 0 Å². The van der Waals surface area contributed by atoms with Crippen molar-refractivity contribution in [2.45, 2.75) is 38.9 Å². The zero-order chi connectivity index (χ0) is 13.6. The van der Waals surface area contributed by atoms with E-state index in [-0.39, 0.29) is 0 Å². The molecule has 1 atom stereocenters. The van der Waals surface area contributed by atoms with E-state index in [9.17, 15) is 0 Å². The number of para-hydroxylation sites is 1. The maximum absolute atomic E-state index is 8.78. The number of rotatable bonds is 5. The normalized spacial score (nSPS) is 10.2. The van der Waals surface area contributed by atoms with Gasteiger partial charge in [-0.15, -0.1) is 0 Å². The molecule has 0 aliphatic carbocycles. The Morgan fingerprint density at radius 1 is 1.11 bits per heavy atom. The fourth-order valence-corrected chi connectivity index (χ4v) is 1.10. The van der Waals surface area contributed by atoms with Crippen molar-refractivity contribution in [2.24, 2.45) is 0 Å². The van der Waals surface area contributed by atoms with Crippen molar-refractivity contribution in [3.8, 4) is 17.9 Å². The highest BCUT2D eigenvalue weighted by Gasteiger charge is 1.94. The summed E-state index contributed by atoms with van der Waals surface area (Å²) >= 11 is 0. The molecule has 0 bridgehead atoms. The van der Waals surface area contributed by atoms with E-state index in [2.05, 4.69) is 0 Å². The Morgan fingerprint density at radius 3 is 2.00 bits per heavy atom. The van der Waals surface area contributed by atoms with Crippen molar-refractivity contribution in [1.29, 1.82) is 10.5 Å². The van der Waals surface area contributed by atoms with Crippen LogP contribution in [-0.4, -0.2) is 11.4 Å². The number of hydrogen-bond donors (Lipinski definition) is 1. The van der Waals surface area contributed by atoms with Gasteiger partial charge in [-0.25, -0.2) is 0 Å². The lowest BCUT2D eigenvalue weighted by molar-refractivity contribution is -0.000287. The summed E-state index contributed by atoms with van der Waals surface area (Å²) in [6.07, 6.45) is 2.17. The van der Waals surface area contributed by atoms with Crippen LogP contribution in [0.3, 0.4) is 0 Å². The molecule has 0 amide bonds. The summed E-state index contributed by atoms with van der Waals surface area (Å²) in [6, 6.07) is 13.2. The molecule has 0 saturated heterocycles. The maximum atomic E-state index is 8.78. The number of hydrogen-bond acceptors (Lipinski definition) is 4. The Balaban J connectivity index is 0.000000331. The SMILES string of the molecule is CC(O)Oc1ccccc1.N#CCCCCC#N. The molecule has 4 nitrogen and oxygen atoms in total. The van der Waals surface area contributed by atoms with Crippen molar-refractivity contribution in [3.63, 3.8) is 0 Å². The Hall–Kier alpha value is -2.04. The number of ether oxygens (including phenoxy) is 1. The highest BCUT2D eigenvalue weighted by atomic mass is 16.6. The van der Waals surface area contributed by atoms with Crippen LogP contribution in [0.5, 0.6) is 5.75 Å². The van der Waals surface area contributed by atoms with Crippen LogP contribution in [0.15, 0.2) is 30.3 Å². The van der Waals surface area contributed by atoms with Crippen LogP contribution in [-0.2, 0) is 0 Å².